The fraction of sp³-hybridized carbons (Fsp3) is 0.750. The van der Waals surface area contributed by atoms with Gasteiger partial charge in [0.15, 0.2) is 0 Å². The Labute approximate surface area is 172 Å². The van der Waals surface area contributed by atoms with E-state index >= 15 is 0 Å². The number of allylic oxidation sites excluding steroid dienone is 4. The van der Waals surface area contributed by atoms with Crippen LogP contribution < -0.4 is 0 Å². The van der Waals surface area contributed by atoms with E-state index in [-0.39, 0.29) is 24.8 Å². The van der Waals surface area contributed by atoms with Crippen LogP contribution in [0.4, 0.5) is 0 Å². The number of hydrogen-bond donors (Lipinski definition) is 0. The number of carbonyl (C=O) groups excluding carboxylic acids is 2. The van der Waals surface area contributed by atoms with Crippen molar-refractivity contribution in [2.45, 2.75) is 104 Å². The Morgan fingerprint density at radius 2 is 0.964 bits per heavy atom. The third kappa shape index (κ3) is 20.7. The second-order valence-electron chi connectivity index (χ2n) is 7.11. The van der Waals surface area contributed by atoms with Gasteiger partial charge in [0.1, 0.15) is 0 Å². The summed E-state index contributed by atoms with van der Waals surface area (Å²) in [7, 11) is 0. The van der Waals surface area contributed by atoms with Crippen LogP contribution in [0.2, 0.25) is 0 Å². The zero-order valence-corrected chi connectivity index (χ0v) is 18.3. The van der Waals surface area contributed by atoms with E-state index in [9.17, 15) is 9.59 Å². The van der Waals surface area contributed by atoms with E-state index in [1.54, 1.807) is 0 Å². The molecule has 0 aromatic rings. The summed E-state index contributed by atoms with van der Waals surface area (Å²) in [4.78, 5) is 23.3. The quantitative estimate of drug-likeness (QED) is 0.139. The topological polar surface area (TPSA) is 52.6 Å². The first-order chi connectivity index (χ1) is 13.7. The lowest BCUT2D eigenvalue weighted by Gasteiger charge is -2.06. The first kappa shape index (κ1) is 26.4. The van der Waals surface area contributed by atoms with Gasteiger partial charge in [0.05, 0.1) is 26.1 Å². The predicted octanol–water partition coefficient (Wildman–Crippen LogP) is 6.69. The smallest absolute Gasteiger partial charge is 0.306 e. The van der Waals surface area contributed by atoms with E-state index in [4.69, 9.17) is 9.47 Å². The molecule has 0 aromatic heterocycles. The van der Waals surface area contributed by atoms with Gasteiger partial charge in [-0.25, -0.2) is 0 Å². The number of carbonyl (C=O) groups is 2. The average molecular weight is 395 g/mol. The van der Waals surface area contributed by atoms with Crippen LogP contribution in [0.3, 0.4) is 0 Å². The number of esters is 2. The second kappa shape index (κ2) is 21.7. The van der Waals surface area contributed by atoms with Crippen molar-refractivity contribution in [2.24, 2.45) is 0 Å². The minimum absolute atomic E-state index is 0.115. The monoisotopic (exact) mass is 394 g/mol. The molecule has 0 rings (SSSR count). The molecule has 0 saturated heterocycles. The molecule has 0 aliphatic heterocycles. The van der Waals surface area contributed by atoms with Crippen LogP contribution in [0, 0.1) is 0 Å². The van der Waals surface area contributed by atoms with E-state index in [0.29, 0.717) is 13.2 Å². The van der Waals surface area contributed by atoms with Crippen LogP contribution >= 0.6 is 0 Å². The Hall–Kier alpha value is -1.58. The van der Waals surface area contributed by atoms with Crippen LogP contribution in [0.5, 0.6) is 0 Å². The van der Waals surface area contributed by atoms with Crippen molar-refractivity contribution in [1.29, 1.82) is 0 Å². The van der Waals surface area contributed by atoms with Gasteiger partial charge in [-0.05, 0) is 51.4 Å². The molecule has 28 heavy (non-hydrogen) atoms. The van der Waals surface area contributed by atoms with Gasteiger partial charge in [-0.2, -0.15) is 0 Å². The molecule has 0 N–H and O–H groups in total. The molecular weight excluding hydrogens is 352 g/mol. The van der Waals surface area contributed by atoms with Crippen LogP contribution in [0.25, 0.3) is 0 Å². The van der Waals surface area contributed by atoms with E-state index < -0.39 is 0 Å². The van der Waals surface area contributed by atoms with E-state index in [1.807, 2.05) is 0 Å². The van der Waals surface area contributed by atoms with E-state index in [0.717, 1.165) is 64.2 Å². The Bertz CT molecular complexity index is 386. The van der Waals surface area contributed by atoms with Gasteiger partial charge in [0.2, 0.25) is 0 Å². The SMILES string of the molecule is CC/C=C/CCCCCCOC(=O)CCC(=O)OCCCCCC/C=C/CC. The first-order valence-electron chi connectivity index (χ1n) is 11.3. The molecule has 162 valence electrons. The molecule has 4 heteroatoms. The van der Waals surface area contributed by atoms with Gasteiger partial charge in [-0.3, -0.25) is 9.59 Å². The highest BCUT2D eigenvalue weighted by Crippen LogP contribution is 2.06. The lowest BCUT2D eigenvalue weighted by Crippen LogP contribution is -2.11. The highest BCUT2D eigenvalue weighted by atomic mass is 16.5. The summed E-state index contributed by atoms with van der Waals surface area (Å²) in [6.45, 7) is 5.18. The number of rotatable bonds is 19. The summed E-state index contributed by atoms with van der Waals surface area (Å²) in [5, 5.41) is 0. The normalized spacial score (nSPS) is 11.4. The minimum atomic E-state index is -0.303. The van der Waals surface area contributed by atoms with Crippen molar-refractivity contribution >= 4 is 11.9 Å². The molecule has 0 saturated carbocycles. The van der Waals surface area contributed by atoms with Gasteiger partial charge in [0, 0.05) is 0 Å². The fourth-order valence-electron chi connectivity index (χ4n) is 2.73. The van der Waals surface area contributed by atoms with Gasteiger partial charge >= 0.3 is 11.9 Å². The van der Waals surface area contributed by atoms with Gasteiger partial charge in [-0.15, -0.1) is 0 Å². The Morgan fingerprint density at radius 3 is 1.36 bits per heavy atom. The summed E-state index contributed by atoms with van der Waals surface area (Å²) in [6, 6.07) is 0. The lowest BCUT2D eigenvalue weighted by atomic mass is 10.1. The Kier molecular flexibility index (Phi) is 20.5. The average Bonchev–Trinajstić information content (AvgIpc) is 2.69. The Morgan fingerprint density at radius 1 is 0.571 bits per heavy atom. The number of ether oxygens (including phenoxy) is 2. The van der Waals surface area contributed by atoms with E-state index in [2.05, 4.69) is 38.2 Å². The molecule has 0 bridgehead atoms. The summed E-state index contributed by atoms with van der Waals surface area (Å²) < 4.78 is 10.3. The van der Waals surface area contributed by atoms with Gasteiger partial charge < -0.3 is 9.47 Å². The zero-order chi connectivity index (χ0) is 20.7. The molecule has 4 nitrogen and oxygen atoms in total. The van der Waals surface area contributed by atoms with E-state index in [1.165, 1.54) is 12.8 Å². The van der Waals surface area contributed by atoms with Crippen LogP contribution in [-0.4, -0.2) is 25.2 Å². The first-order valence-corrected chi connectivity index (χ1v) is 11.3. The second-order valence-corrected chi connectivity index (χ2v) is 7.11. The van der Waals surface area contributed by atoms with Crippen molar-refractivity contribution in [1.82, 2.24) is 0 Å². The molecule has 0 unspecified atom stereocenters. The number of hydrogen-bond acceptors (Lipinski definition) is 4. The molecule has 0 atom stereocenters. The molecule has 0 heterocycles. The van der Waals surface area contributed by atoms with Crippen LogP contribution in [0.1, 0.15) is 104 Å². The van der Waals surface area contributed by atoms with Crippen molar-refractivity contribution < 1.29 is 19.1 Å². The predicted molar refractivity (Wildman–Crippen MR) is 116 cm³/mol. The maximum absolute atomic E-state index is 11.6. The summed E-state index contributed by atoms with van der Waals surface area (Å²) in [5.74, 6) is -0.606. The van der Waals surface area contributed by atoms with Crippen molar-refractivity contribution in [3.63, 3.8) is 0 Å². The summed E-state index contributed by atoms with van der Waals surface area (Å²) in [6.07, 6.45) is 22.2. The highest BCUT2D eigenvalue weighted by molar-refractivity contribution is 5.77. The largest absolute Gasteiger partial charge is 0.466 e. The van der Waals surface area contributed by atoms with Crippen molar-refractivity contribution in [2.75, 3.05) is 13.2 Å². The third-order valence-corrected chi connectivity index (χ3v) is 4.39. The molecule has 0 fully saturated rings. The maximum Gasteiger partial charge on any atom is 0.306 e. The molecule has 0 spiro atoms. The standard InChI is InChI=1S/C24H42O4/c1-3-5-7-9-11-13-15-17-21-27-23(25)19-20-24(26)28-22-18-16-14-12-10-8-6-4-2/h5-8H,3-4,9-22H2,1-2H3/b7-5+,8-6+. The fourth-order valence-corrected chi connectivity index (χ4v) is 2.73. The minimum Gasteiger partial charge on any atom is -0.466 e. The lowest BCUT2D eigenvalue weighted by molar-refractivity contribution is -0.150. The molecule has 0 aromatic carbocycles. The van der Waals surface area contributed by atoms with Crippen LogP contribution in [-0.2, 0) is 19.1 Å². The summed E-state index contributed by atoms with van der Waals surface area (Å²) in [5.41, 5.74) is 0. The molecule has 0 radical (unpaired) electrons. The highest BCUT2D eigenvalue weighted by Gasteiger charge is 2.08. The van der Waals surface area contributed by atoms with Gasteiger partial charge in [-0.1, -0.05) is 63.8 Å². The molecule has 0 amide bonds. The van der Waals surface area contributed by atoms with Gasteiger partial charge in [0.25, 0.3) is 0 Å². The Balaban J connectivity index is 3.38. The third-order valence-electron chi connectivity index (χ3n) is 4.39. The zero-order valence-electron chi connectivity index (χ0n) is 18.3. The molecular formula is C24H42O4. The van der Waals surface area contributed by atoms with Crippen LogP contribution in [0.15, 0.2) is 24.3 Å². The molecule has 0 aliphatic rings. The number of unbranched alkanes of at least 4 members (excludes halogenated alkanes) is 8. The van der Waals surface area contributed by atoms with Crippen molar-refractivity contribution in [3.8, 4) is 0 Å². The molecule has 0 aliphatic carbocycles. The summed E-state index contributed by atoms with van der Waals surface area (Å²) >= 11 is 0. The maximum atomic E-state index is 11.6. The van der Waals surface area contributed by atoms with Crippen molar-refractivity contribution in [3.05, 3.63) is 24.3 Å².